The molecule has 5 rings (SSSR count). The summed E-state index contributed by atoms with van der Waals surface area (Å²) in [4.78, 5) is 0. The molecule has 0 amide bonds. The topological polar surface area (TPSA) is 0 Å². The maximum absolute atomic E-state index is 1.67. The Morgan fingerprint density at radius 3 is 2.82 bits per heavy atom. The van der Waals surface area contributed by atoms with E-state index in [0.29, 0.717) is 0 Å². The van der Waals surface area contributed by atoms with Gasteiger partial charge in [-0.1, -0.05) is 0 Å². The van der Waals surface area contributed by atoms with Crippen molar-refractivity contribution in [3.8, 4) is 0 Å². The first kappa shape index (κ1) is 4.89. The van der Waals surface area contributed by atoms with Crippen LogP contribution in [0.1, 0.15) is 32.1 Å². The third-order valence-electron chi connectivity index (χ3n) is 6.49. The molecule has 0 heteroatoms. The lowest BCUT2D eigenvalue weighted by Gasteiger charge is -2.75. The van der Waals surface area contributed by atoms with Crippen molar-refractivity contribution < 1.29 is 0 Å². The van der Waals surface area contributed by atoms with Crippen LogP contribution in [-0.2, 0) is 0 Å². The molecule has 2 spiro atoms. The summed E-state index contributed by atoms with van der Waals surface area (Å²) in [6, 6.07) is 0. The van der Waals surface area contributed by atoms with Crippen LogP contribution in [0, 0.1) is 34.5 Å². The predicted molar refractivity (Wildman–Crippen MR) is 41.9 cm³/mol. The Bertz CT molecular complexity index is 272. The highest BCUT2D eigenvalue weighted by molar-refractivity contribution is 5.41. The molecule has 0 nitrogen and oxygen atoms in total. The molecule has 0 aromatic carbocycles. The summed E-state index contributed by atoms with van der Waals surface area (Å²) in [5.41, 5.74) is 2.06. The highest BCUT2D eigenvalue weighted by atomic mass is 15.0. The Labute approximate surface area is 67.4 Å². The summed E-state index contributed by atoms with van der Waals surface area (Å²) in [5, 5.41) is 0. The molecule has 0 saturated heterocycles. The summed E-state index contributed by atoms with van der Waals surface area (Å²) < 4.78 is 0. The fourth-order valence-electron chi connectivity index (χ4n) is 6.38. The van der Waals surface area contributed by atoms with E-state index < -0.39 is 0 Å². The molecule has 5 saturated carbocycles. The van der Waals surface area contributed by atoms with E-state index in [2.05, 4.69) is 0 Å². The molecule has 5 fully saturated rings. The van der Waals surface area contributed by atoms with Gasteiger partial charge in [-0.3, -0.25) is 0 Å². The van der Waals surface area contributed by atoms with Gasteiger partial charge in [0.1, 0.15) is 0 Å². The number of hydrogen-bond acceptors (Lipinski definition) is 0. The van der Waals surface area contributed by atoms with E-state index >= 15 is 0 Å². The molecule has 5 aliphatic carbocycles. The Hall–Kier alpha value is 0. The lowest BCUT2D eigenvalue weighted by Crippen LogP contribution is -2.70. The largest absolute Gasteiger partial charge is 0.0493 e. The van der Waals surface area contributed by atoms with Crippen LogP contribution in [0.25, 0.3) is 0 Å². The van der Waals surface area contributed by atoms with E-state index in [9.17, 15) is 0 Å². The number of hydrogen-bond donors (Lipinski definition) is 0. The zero-order valence-electron chi connectivity index (χ0n) is 6.84. The molecule has 11 heavy (non-hydrogen) atoms. The number of rotatable bonds is 0. The molecule has 0 aromatic rings. The summed E-state index contributed by atoms with van der Waals surface area (Å²) in [6.45, 7) is 0. The molecular formula is C11H14. The van der Waals surface area contributed by atoms with E-state index in [1.165, 1.54) is 23.7 Å². The van der Waals surface area contributed by atoms with Crippen LogP contribution in [0.3, 0.4) is 0 Å². The summed E-state index contributed by atoms with van der Waals surface area (Å²) in [6.07, 6.45) is 8.25. The average Bonchev–Trinajstić information content (AvgIpc) is 2.47. The van der Waals surface area contributed by atoms with Crippen molar-refractivity contribution >= 4 is 0 Å². The van der Waals surface area contributed by atoms with E-state index in [1.807, 2.05) is 0 Å². The summed E-state index contributed by atoms with van der Waals surface area (Å²) >= 11 is 0. The summed E-state index contributed by atoms with van der Waals surface area (Å²) in [5.74, 6) is 5.03. The molecule has 6 unspecified atom stereocenters. The zero-order valence-corrected chi connectivity index (χ0v) is 6.84. The van der Waals surface area contributed by atoms with Gasteiger partial charge in [-0.05, 0) is 66.6 Å². The van der Waals surface area contributed by atoms with Gasteiger partial charge in [-0.25, -0.2) is 0 Å². The molecule has 5 aliphatic rings. The van der Waals surface area contributed by atoms with Gasteiger partial charge in [-0.2, -0.15) is 0 Å². The minimum Gasteiger partial charge on any atom is -0.0493 e. The monoisotopic (exact) mass is 146 g/mol. The molecule has 0 aromatic heterocycles. The highest BCUT2D eigenvalue weighted by Gasteiger charge is 2.93. The second kappa shape index (κ2) is 0.963. The van der Waals surface area contributed by atoms with Crippen LogP contribution in [0.5, 0.6) is 0 Å². The second-order valence-corrected chi connectivity index (χ2v) is 5.91. The van der Waals surface area contributed by atoms with E-state index in [4.69, 9.17) is 0 Å². The van der Waals surface area contributed by atoms with Crippen molar-refractivity contribution in [1.29, 1.82) is 0 Å². The first-order valence-electron chi connectivity index (χ1n) is 5.39. The van der Waals surface area contributed by atoms with Gasteiger partial charge in [0.05, 0.1) is 0 Å². The van der Waals surface area contributed by atoms with Crippen molar-refractivity contribution in [2.45, 2.75) is 32.1 Å². The molecular weight excluding hydrogens is 132 g/mol. The molecule has 0 aliphatic heterocycles. The van der Waals surface area contributed by atoms with E-state index in [1.54, 1.807) is 32.1 Å². The van der Waals surface area contributed by atoms with Crippen LogP contribution < -0.4 is 0 Å². The Balaban J connectivity index is 1.82. The van der Waals surface area contributed by atoms with Crippen molar-refractivity contribution in [2.24, 2.45) is 34.5 Å². The van der Waals surface area contributed by atoms with Crippen molar-refractivity contribution in [3.63, 3.8) is 0 Å². The first-order chi connectivity index (χ1) is 5.39. The first-order valence-corrected chi connectivity index (χ1v) is 5.39. The number of fused-ring (bicyclic) bond motifs is 1. The van der Waals surface area contributed by atoms with Crippen LogP contribution in [-0.4, -0.2) is 0 Å². The Morgan fingerprint density at radius 2 is 2.00 bits per heavy atom. The maximum Gasteiger partial charge on any atom is -0.0150 e. The van der Waals surface area contributed by atoms with Gasteiger partial charge in [0, 0.05) is 0 Å². The minimum absolute atomic E-state index is 1.02. The van der Waals surface area contributed by atoms with Gasteiger partial charge in [0.25, 0.3) is 0 Å². The van der Waals surface area contributed by atoms with Crippen LogP contribution in [0.15, 0.2) is 0 Å². The fraction of sp³-hybridized carbons (Fsp3) is 1.00. The fourth-order valence-corrected chi connectivity index (χ4v) is 6.38. The van der Waals surface area contributed by atoms with Gasteiger partial charge < -0.3 is 0 Å². The molecule has 0 radical (unpaired) electrons. The molecule has 0 heterocycles. The zero-order chi connectivity index (χ0) is 6.84. The Kier molecular flexibility index (Phi) is 0.428. The van der Waals surface area contributed by atoms with Gasteiger partial charge in [0.2, 0.25) is 0 Å². The van der Waals surface area contributed by atoms with Gasteiger partial charge in [0.15, 0.2) is 0 Å². The molecule has 58 valence electrons. The lowest BCUT2D eigenvalue weighted by atomic mass is 9.29. The van der Waals surface area contributed by atoms with Crippen molar-refractivity contribution in [1.82, 2.24) is 0 Å². The van der Waals surface area contributed by atoms with Gasteiger partial charge in [-0.15, -0.1) is 0 Å². The summed E-state index contributed by atoms with van der Waals surface area (Å²) in [7, 11) is 0. The Morgan fingerprint density at radius 1 is 1.00 bits per heavy atom. The van der Waals surface area contributed by atoms with Crippen LogP contribution in [0.2, 0.25) is 0 Å². The van der Waals surface area contributed by atoms with Crippen LogP contribution in [0.4, 0.5) is 0 Å². The smallest absolute Gasteiger partial charge is 0.0150 e. The van der Waals surface area contributed by atoms with Crippen molar-refractivity contribution in [3.05, 3.63) is 0 Å². The molecule has 6 atom stereocenters. The lowest BCUT2D eigenvalue weighted by molar-refractivity contribution is -0.282. The average molecular weight is 146 g/mol. The molecule has 0 bridgehead atoms. The van der Waals surface area contributed by atoms with Gasteiger partial charge >= 0.3 is 0 Å². The quantitative estimate of drug-likeness (QED) is 0.492. The maximum atomic E-state index is 1.67. The molecule has 0 N–H and O–H groups in total. The van der Waals surface area contributed by atoms with E-state index in [-0.39, 0.29) is 0 Å². The highest BCUT2D eigenvalue weighted by Crippen LogP contribution is 2.99. The minimum atomic E-state index is 1.02. The standard InChI is InChI=1S/C11H14/c1-2-10-5-9(10)8-4-7-3-6(1)11(7,8)10/h6-9H,1-5H2. The third-order valence-corrected chi connectivity index (χ3v) is 6.49. The van der Waals surface area contributed by atoms with Crippen molar-refractivity contribution in [2.75, 3.05) is 0 Å². The van der Waals surface area contributed by atoms with E-state index in [0.717, 1.165) is 10.8 Å². The normalized spacial score (nSPS) is 85.1. The predicted octanol–water partition coefficient (Wildman–Crippen LogP) is 2.44. The third kappa shape index (κ3) is 0.219. The SMILES string of the molecule is C1CC23CC2C2CC4CC1C423. The second-order valence-electron chi connectivity index (χ2n) is 5.91. The van der Waals surface area contributed by atoms with Crippen LogP contribution >= 0.6 is 0 Å².